The van der Waals surface area contributed by atoms with E-state index in [-0.39, 0.29) is 23.7 Å². The Morgan fingerprint density at radius 3 is 2.54 bits per heavy atom. The number of nitrogens with zero attached hydrogens (tertiary/aromatic N) is 3. The Morgan fingerprint density at radius 1 is 1.29 bits per heavy atom. The van der Waals surface area contributed by atoms with E-state index in [9.17, 15) is 9.59 Å². The number of carboxylic acids is 1. The number of hydrogen-bond donors (Lipinski definition) is 2. The molecule has 128 valence electrons. The van der Waals surface area contributed by atoms with Crippen LogP contribution in [-0.4, -0.2) is 45.8 Å². The van der Waals surface area contributed by atoms with E-state index in [4.69, 9.17) is 10.8 Å². The first-order valence-corrected chi connectivity index (χ1v) is 8.02. The van der Waals surface area contributed by atoms with Gasteiger partial charge in [0, 0.05) is 31.3 Å². The molecule has 2 rings (SSSR count). The van der Waals surface area contributed by atoms with Crippen LogP contribution in [0.15, 0.2) is 22.8 Å². The van der Waals surface area contributed by atoms with Gasteiger partial charge in [-0.3, -0.25) is 9.78 Å². The minimum Gasteiger partial charge on any atom is -0.478 e. The molecule has 2 heterocycles. The fourth-order valence-electron chi connectivity index (χ4n) is 2.58. The number of aliphatic imine (C=N–C) groups is 1. The number of aromatic carboxylic acids is 1. The van der Waals surface area contributed by atoms with E-state index in [0.29, 0.717) is 30.0 Å². The van der Waals surface area contributed by atoms with Crippen LogP contribution < -0.4 is 5.73 Å². The summed E-state index contributed by atoms with van der Waals surface area (Å²) in [5.74, 6) is -0.889. The van der Waals surface area contributed by atoms with Crippen molar-refractivity contribution in [1.29, 1.82) is 0 Å². The number of nitrogens with two attached hydrogens (primary N) is 1. The average molecular weight is 330 g/mol. The number of aromatic nitrogens is 1. The first-order chi connectivity index (χ1) is 11.5. The molecule has 0 atom stereocenters. The summed E-state index contributed by atoms with van der Waals surface area (Å²) in [6.07, 6.45) is 4.89. The predicted molar refractivity (Wildman–Crippen MR) is 92.2 cm³/mol. The zero-order chi connectivity index (χ0) is 17.7. The van der Waals surface area contributed by atoms with Crippen molar-refractivity contribution in [3.05, 3.63) is 29.1 Å². The molecule has 0 spiro atoms. The lowest BCUT2D eigenvalue weighted by Crippen LogP contribution is -2.34. The second-order valence-corrected chi connectivity index (χ2v) is 5.68. The second-order valence-electron chi connectivity index (χ2n) is 5.68. The van der Waals surface area contributed by atoms with Crippen molar-refractivity contribution in [2.75, 3.05) is 13.1 Å². The van der Waals surface area contributed by atoms with E-state index < -0.39 is 5.97 Å². The zero-order valence-corrected chi connectivity index (χ0v) is 14.0. The van der Waals surface area contributed by atoms with Crippen LogP contribution in [0.5, 0.6) is 0 Å². The maximum absolute atomic E-state index is 12.8. The van der Waals surface area contributed by atoms with E-state index in [2.05, 4.69) is 9.98 Å². The Bertz CT molecular complexity index is 704. The minimum atomic E-state index is -1.08. The molecule has 1 amide bonds. The third kappa shape index (κ3) is 3.98. The molecule has 0 bridgehead atoms. The molecule has 3 N–H and O–H groups in total. The van der Waals surface area contributed by atoms with Gasteiger partial charge >= 0.3 is 5.97 Å². The lowest BCUT2D eigenvalue weighted by Gasteiger charge is -2.22. The summed E-state index contributed by atoms with van der Waals surface area (Å²) in [5, 5.41) is 9.06. The molecule has 0 saturated carbocycles. The molecule has 24 heavy (non-hydrogen) atoms. The Balaban J connectivity index is 2.40. The fraction of sp³-hybridized carbons (Fsp3) is 0.412. The zero-order valence-electron chi connectivity index (χ0n) is 14.0. The molecule has 0 radical (unpaired) electrons. The molecule has 7 nitrogen and oxygen atoms in total. The Kier molecular flexibility index (Phi) is 5.68. The lowest BCUT2D eigenvalue weighted by molar-refractivity contribution is -0.127. The third-order valence-electron chi connectivity index (χ3n) is 3.64. The predicted octanol–water partition coefficient (Wildman–Crippen LogP) is 2.20. The maximum atomic E-state index is 12.8. The van der Waals surface area contributed by atoms with Crippen LogP contribution in [0.3, 0.4) is 0 Å². The van der Waals surface area contributed by atoms with Crippen LogP contribution in [-0.2, 0) is 4.79 Å². The van der Waals surface area contributed by atoms with Crippen LogP contribution in [0.4, 0.5) is 5.69 Å². The topological polar surface area (TPSA) is 109 Å². The Morgan fingerprint density at radius 2 is 1.96 bits per heavy atom. The van der Waals surface area contributed by atoms with Gasteiger partial charge in [-0.15, -0.1) is 0 Å². The van der Waals surface area contributed by atoms with Gasteiger partial charge in [0.15, 0.2) is 0 Å². The normalized spacial score (nSPS) is 13.4. The number of carbonyl (C=O) groups is 2. The molecule has 0 fully saturated rings. The summed E-state index contributed by atoms with van der Waals surface area (Å²) in [6, 6.07) is 1.41. The third-order valence-corrected chi connectivity index (χ3v) is 3.64. The van der Waals surface area contributed by atoms with E-state index >= 15 is 0 Å². The van der Waals surface area contributed by atoms with Gasteiger partial charge in [0.25, 0.3) is 0 Å². The Labute approximate surface area is 140 Å². The van der Waals surface area contributed by atoms with Gasteiger partial charge in [0.05, 0.1) is 16.9 Å². The first kappa shape index (κ1) is 17.7. The molecule has 0 aromatic carbocycles. The molecule has 0 unspecified atom stereocenters. The summed E-state index contributed by atoms with van der Waals surface area (Å²) < 4.78 is 0. The summed E-state index contributed by atoms with van der Waals surface area (Å²) in [6.45, 7) is 5.41. The van der Waals surface area contributed by atoms with E-state index in [1.54, 1.807) is 11.0 Å². The summed E-state index contributed by atoms with van der Waals surface area (Å²) >= 11 is 0. The van der Waals surface area contributed by atoms with Crippen molar-refractivity contribution in [3.63, 3.8) is 0 Å². The van der Waals surface area contributed by atoms with Crippen LogP contribution in [0.1, 0.15) is 49.2 Å². The van der Waals surface area contributed by atoms with Crippen molar-refractivity contribution in [3.8, 4) is 0 Å². The van der Waals surface area contributed by atoms with Crippen LogP contribution >= 0.6 is 0 Å². The average Bonchev–Trinajstić information content (AvgIpc) is 2.71. The molecule has 0 saturated heterocycles. The number of fused-ring (bicyclic) bond motifs is 1. The van der Waals surface area contributed by atoms with Gasteiger partial charge in [-0.25, -0.2) is 9.79 Å². The molecule has 1 aromatic heterocycles. The quantitative estimate of drug-likeness (QED) is 0.831. The van der Waals surface area contributed by atoms with Crippen molar-refractivity contribution in [2.45, 2.75) is 33.1 Å². The lowest BCUT2D eigenvalue weighted by atomic mass is 10.1. The van der Waals surface area contributed by atoms with E-state index in [1.165, 1.54) is 12.3 Å². The number of carboxylic acid groups (broad SMARTS) is 1. The highest BCUT2D eigenvalue weighted by molar-refractivity contribution is 6.05. The highest BCUT2D eigenvalue weighted by Crippen LogP contribution is 2.26. The van der Waals surface area contributed by atoms with Crippen molar-refractivity contribution < 1.29 is 14.7 Å². The van der Waals surface area contributed by atoms with Crippen molar-refractivity contribution in [2.24, 2.45) is 10.7 Å². The second kappa shape index (κ2) is 7.72. The largest absolute Gasteiger partial charge is 0.478 e. The maximum Gasteiger partial charge on any atom is 0.337 e. The highest BCUT2D eigenvalue weighted by atomic mass is 16.4. The first-order valence-electron chi connectivity index (χ1n) is 8.02. The van der Waals surface area contributed by atoms with Gasteiger partial charge in [-0.1, -0.05) is 13.8 Å². The number of pyridine rings is 1. The molecular formula is C17H22N4O3. The van der Waals surface area contributed by atoms with Crippen LogP contribution in [0.25, 0.3) is 6.08 Å². The molecule has 7 heteroatoms. The van der Waals surface area contributed by atoms with Gasteiger partial charge in [0.1, 0.15) is 5.84 Å². The number of carbonyl (C=O) groups excluding carboxylic acids is 1. The van der Waals surface area contributed by atoms with Crippen LogP contribution in [0.2, 0.25) is 0 Å². The fourth-order valence-corrected chi connectivity index (χ4v) is 2.58. The highest BCUT2D eigenvalue weighted by Gasteiger charge is 2.21. The van der Waals surface area contributed by atoms with Gasteiger partial charge in [-0.05, 0) is 25.0 Å². The monoisotopic (exact) mass is 330 g/mol. The number of amides is 1. The standard InChI is InChI=1S/C17H22N4O3/c1-3-5-21(6-4-2)16(22)11-7-13-14(20-15(18)9-11)8-12(10-19-13)17(23)24/h7-8,10H,3-6,9H2,1-2H3,(H2,18,20)(H,23,24). The van der Waals surface area contributed by atoms with Gasteiger partial charge in [-0.2, -0.15) is 0 Å². The molecule has 0 aliphatic carbocycles. The van der Waals surface area contributed by atoms with Crippen molar-refractivity contribution in [1.82, 2.24) is 9.88 Å². The minimum absolute atomic E-state index is 0.0343. The van der Waals surface area contributed by atoms with E-state index in [1.807, 2.05) is 13.8 Å². The van der Waals surface area contributed by atoms with Crippen molar-refractivity contribution >= 4 is 29.5 Å². The van der Waals surface area contributed by atoms with Gasteiger partial charge < -0.3 is 15.7 Å². The summed E-state index contributed by atoms with van der Waals surface area (Å²) in [5.41, 5.74) is 7.29. The smallest absolute Gasteiger partial charge is 0.337 e. The van der Waals surface area contributed by atoms with Gasteiger partial charge in [0.2, 0.25) is 5.91 Å². The summed E-state index contributed by atoms with van der Waals surface area (Å²) in [4.78, 5) is 34.0. The summed E-state index contributed by atoms with van der Waals surface area (Å²) in [7, 11) is 0. The molecule has 1 aliphatic rings. The molecule has 1 aliphatic heterocycles. The molecule has 1 aromatic rings. The van der Waals surface area contributed by atoms with E-state index in [0.717, 1.165) is 12.8 Å². The van der Waals surface area contributed by atoms with Crippen LogP contribution in [0, 0.1) is 0 Å². The SMILES string of the molecule is CCCN(CCC)C(=O)C1=Cc2ncc(C(=O)O)cc2N=C(N)C1. The number of amidine groups is 1. The number of rotatable bonds is 6. The number of hydrogen-bond acceptors (Lipinski definition) is 5. The Hall–Kier alpha value is -2.70. The molecular weight excluding hydrogens is 308 g/mol.